The Hall–Kier alpha value is -4.76. The van der Waals surface area contributed by atoms with Crippen LogP contribution in [0.1, 0.15) is 35.1 Å². The Balaban J connectivity index is 1.63. The van der Waals surface area contributed by atoms with Crippen LogP contribution < -0.4 is 9.47 Å². The van der Waals surface area contributed by atoms with Gasteiger partial charge in [-0.05, 0) is 42.3 Å². The highest BCUT2D eigenvalue weighted by molar-refractivity contribution is 7.92. The lowest BCUT2D eigenvalue weighted by Crippen LogP contribution is -2.41. The number of allylic oxidation sites excluding steroid dienone is 3. The number of fused-ring (bicyclic) bond motifs is 1. The van der Waals surface area contributed by atoms with Gasteiger partial charge in [-0.1, -0.05) is 36.4 Å². The van der Waals surface area contributed by atoms with Gasteiger partial charge in [-0.2, -0.15) is 5.26 Å². The summed E-state index contributed by atoms with van der Waals surface area (Å²) in [5.74, 6) is 0.225. The largest absolute Gasteiger partial charge is 0.586 e. The van der Waals surface area contributed by atoms with Gasteiger partial charge < -0.3 is 18.5 Å². The van der Waals surface area contributed by atoms with E-state index in [1.807, 2.05) is 42.5 Å². The van der Waals surface area contributed by atoms with Crippen LogP contribution in [-0.2, 0) is 14.6 Å². The fraction of sp³-hybridized carbons (Fsp3) is 0.207. The zero-order chi connectivity index (χ0) is 29.2. The molecule has 2 aromatic carbocycles. The van der Waals surface area contributed by atoms with E-state index in [9.17, 15) is 22.5 Å². The number of halogens is 2. The highest BCUT2D eigenvalue weighted by Gasteiger charge is 2.53. The van der Waals surface area contributed by atoms with Gasteiger partial charge in [0.15, 0.2) is 43.4 Å². The number of hydrogen-bond donors (Lipinski definition) is 0. The molecule has 1 atom stereocenters. The smallest absolute Gasteiger partial charge is 0.441 e. The number of alkyl halides is 2. The zero-order valence-electron chi connectivity index (χ0n) is 22.1. The van der Waals surface area contributed by atoms with Crippen molar-refractivity contribution < 1.29 is 31.1 Å². The molecule has 0 radical (unpaired) electrons. The molecule has 12 heteroatoms. The number of nitrogens with zero attached hydrogens (tertiary/aromatic N) is 4. The summed E-state index contributed by atoms with van der Waals surface area (Å²) in [5.41, 5.74) is 2.24. The minimum absolute atomic E-state index is 0.0389. The minimum atomic E-state index is -4.08. The second kappa shape index (κ2) is 9.14. The van der Waals surface area contributed by atoms with Crippen molar-refractivity contribution in [3.63, 3.8) is 0 Å². The predicted octanol–water partition coefficient (Wildman–Crippen LogP) is 5.62. The maximum absolute atomic E-state index is 14.1. The third-order valence-corrected chi connectivity index (χ3v) is 8.92. The summed E-state index contributed by atoms with van der Waals surface area (Å²) >= 11 is 0. The van der Waals surface area contributed by atoms with Crippen molar-refractivity contribution in [3.8, 4) is 28.9 Å². The molecule has 0 saturated carbocycles. The van der Waals surface area contributed by atoms with Gasteiger partial charge in [0.25, 0.3) is 0 Å². The second-order valence-electron chi connectivity index (χ2n) is 9.78. The first-order valence-electron chi connectivity index (χ1n) is 12.4. The molecule has 208 valence electrons. The van der Waals surface area contributed by atoms with Crippen LogP contribution in [0.25, 0.3) is 22.6 Å². The summed E-state index contributed by atoms with van der Waals surface area (Å²) in [6.07, 6.45) is 2.22. The van der Waals surface area contributed by atoms with Crippen molar-refractivity contribution in [2.24, 2.45) is 0 Å². The van der Waals surface area contributed by atoms with Crippen LogP contribution in [0.15, 0.2) is 71.3 Å². The lowest BCUT2D eigenvalue weighted by Gasteiger charge is -2.37. The van der Waals surface area contributed by atoms with Gasteiger partial charge in [0, 0.05) is 31.4 Å². The Morgan fingerprint density at radius 1 is 1.00 bits per heavy atom. The van der Waals surface area contributed by atoms with Crippen LogP contribution >= 0.6 is 0 Å². The van der Waals surface area contributed by atoms with E-state index < -0.39 is 20.9 Å². The van der Waals surface area contributed by atoms with Crippen LogP contribution in [-0.4, -0.2) is 35.5 Å². The van der Waals surface area contributed by atoms with Gasteiger partial charge in [0.05, 0.1) is 5.70 Å². The van der Waals surface area contributed by atoms with E-state index in [0.717, 1.165) is 17.4 Å². The summed E-state index contributed by atoms with van der Waals surface area (Å²) in [6.45, 7) is 3.23. The van der Waals surface area contributed by atoms with Crippen molar-refractivity contribution in [2.75, 3.05) is 6.26 Å². The van der Waals surface area contributed by atoms with Crippen molar-refractivity contribution in [1.29, 1.82) is 5.26 Å². The van der Waals surface area contributed by atoms with E-state index in [-0.39, 0.29) is 52.2 Å². The van der Waals surface area contributed by atoms with Gasteiger partial charge in [-0.25, -0.2) is 18.4 Å². The Morgan fingerprint density at radius 2 is 1.73 bits per heavy atom. The first-order chi connectivity index (χ1) is 19.4. The monoisotopic (exact) mass is 576 g/mol. The zero-order valence-corrected chi connectivity index (χ0v) is 22.9. The molecule has 2 aromatic heterocycles. The normalized spacial score (nSPS) is 19.4. The molecule has 1 unspecified atom stereocenters. The second-order valence-corrected chi connectivity index (χ2v) is 12.0. The summed E-state index contributed by atoms with van der Waals surface area (Å²) in [6, 6.07) is 15.4. The number of rotatable bonds is 5. The molecule has 9 nitrogen and oxygen atoms in total. The van der Waals surface area contributed by atoms with Crippen molar-refractivity contribution >= 4 is 21.1 Å². The Kier molecular flexibility index (Phi) is 5.90. The number of aromatic nitrogens is 3. The lowest BCUT2D eigenvalue weighted by molar-refractivity contribution is -0.286. The third kappa shape index (κ3) is 4.29. The number of sulfone groups is 1. The minimum Gasteiger partial charge on any atom is -0.441 e. The van der Waals surface area contributed by atoms with E-state index >= 15 is 0 Å². The van der Waals surface area contributed by atoms with Crippen molar-refractivity contribution in [1.82, 2.24) is 14.5 Å². The molecule has 1 aliphatic carbocycles. The number of aryl methyl sites for hydroxylation is 2. The fourth-order valence-electron chi connectivity index (χ4n) is 5.32. The number of imidazole rings is 1. The predicted molar refractivity (Wildman–Crippen MR) is 144 cm³/mol. The van der Waals surface area contributed by atoms with Crippen LogP contribution in [0.4, 0.5) is 8.78 Å². The third-order valence-electron chi connectivity index (χ3n) is 7.11. The number of benzene rings is 2. The molecule has 41 heavy (non-hydrogen) atoms. The number of oxazole rings is 1. The Labute approximate surface area is 233 Å². The molecule has 0 fully saturated rings. The highest BCUT2D eigenvalue weighted by atomic mass is 32.2. The van der Waals surface area contributed by atoms with E-state index in [4.69, 9.17) is 4.42 Å². The van der Waals surface area contributed by atoms with Gasteiger partial charge in [-0.3, -0.25) is 0 Å². The molecule has 1 aliphatic heterocycles. The fourth-order valence-corrected chi connectivity index (χ4v) is 6.77. The van der Waals surface area contributed by atoms with E-state index in [0.29, 0.717) is 5.82 Å². The standard InChI is InChI=1S/C29H22F2N4O5S/c1-17-33-22(15-32)16-35(17)25-12-10-21(19-7-5-4-6-8-19)14-28(25,41(3,36)37)27-26(38-18(2)34-27)20-9-11-23-24(13-20)40-29(30,31)39-23/h4-13,16H,14H2,1-3H3. The average molecular weight is 577 g/mol. The molecule has 0 saturated heterocycles. The van der Waals surface area contributed by atoms with Gasteiger partial charge >= 0.3 is 6.29 Å². The number of nitriles is 1. The van der Waals surface area contributed by atoms with Crippen LogP contribution in [0, 0.1) is 25.2 Å². The molecule has 4 aromatic rings. The first-order valence-corrected chi connectivity index (χ1v) is 14.3. The first kappa shape index (κ1) is 26.5. The van der Waals surface area contributed by atoms with Crippen LogP contribution in [0.3, 0.4) is 0 Å². The molecule has 0 amide bonds. The molecule has 6 rings (SSSR count). The summed E-state index contributed by atoms with van der Waals surface area (Å²) in [5, 5.41) is 9.50. The SMILES string of the molecule is Cc1nc(C2(S(C)(=O)=O)CC(c3ccccc3)=CC=C2n2cc(C#N)nc2C)c(-c2ccc3c(c2)OC(F)(F)O3)o1. The van der Waals surface area contributed by atoms with Gasteiger partial charge in [0.1, 0.15) is 17.6 Å². The van der Waals surface area contributed by atoms with Gasteiger partial charge in [-0.15, -0.1) is 8.78 Å². The molecule has 0 bridgehead atoms. The quantitative estimate of drug-likeness (QED) is 0.300. The summed E-state index contributed by atoms with van der Waals surface area (Å²) < 4.78 is 70.7. The van der Waals surface area contributed by atoms with Gasteiger partial charge in [0.2, 0.25) is 0 Å². The Morgan fingerprint density at radius 3 is 2.41 bits per heavy atom. The van der Waals surface area contributed by atoms with E-state index in [2.05, 4.69) is 19.4 Å². The van der Waals surface area contributed by atoms with E-state index in [1.165, 1.54) is 24.4 Å². The topological polar surface area (TPSA) is 120 Å². The molecule has 2 aliphatic rings. The molecule has 0 spiro atoms. The number of hydrogen-bond acceptors (Lipinski definition) is 8. The maximum Gasteiger partial charge on any atom is 0.586 e. The maximum atomic E-state index is 14.1. The number of ether oxygens (including phenoxy) is 2. The molecule has 3 heterocycles. The Bertz CT molecular complexity index is 1920. The lowest BCUT2D eigenvalue weighted by atomic mass is 9.83. The van der Waals surface area contributed by atoms with Crippen molar-refractivity contribution in [3.05, 3.63) is 95.5 Å². The molecule has 0 N–H and O–H groups in total. The summed E-state index contributed by atoms with van der Waals surface area (Å²) in [4.78, 5) is 8.86. The van der Waals surface area contributed by atoms with E-state index in [1.54, 1.807) is 24.5 Å². The van der Waals surface area contributed by atoms with Crippen LogP contribution in [0.2, 0.25) is 0 Å². The van der Waals surface area contributed by atoms with Crippen molar-refractivity contribution in [2.45, 2.75) is 31.3 Å². The summed E-state index contributed by atoms with van der Waals surface area (Å²) in [7, 11) is -4.08. The van der Waals surface area contributed by atoms with Crippen LogP contribution in [0.5, 0.6) is 11.5 Å². The molecular formula is C29H22F2N4O5S. The molecular weight excluding hydrogens is 554 g/mol. The average Bonchev–Trinajstić information content (AvgIpc) is 3.60. The highest BCUT2D eigenvalue weighted by Crippen LogP contribution is 2.53.